The summed E-state index contributed by atoms with van der Waals surface area (Å²) in [6, 6.07) is 16.6. The first-order chi connectivity index (χ1) is 20.0. The van der Waals surface area contributed by atoms with E-state index in [-0.39, 0.29) is 22.9 Å². The summed E-state index contributed by atoms with van der Waals surface area (Å²) in [6.07, 6.45) is 21.4. The van der Waals surface area contributed by atoms with Gasteiger partial charge in [-0.2, -0.15) is 0 Å². The normalized spacial score (nSPS) is 12.6. The van der Waals surface area contributed by atoms with Crippen molar-refractivity contribution in [3.63, 3.8) is 0 Å². The molecule has 234 valence electrons. The maximum absolute atomic E-state index is 12.5. The average molecular weight is 660 g/mol. The lowest BCUT2D eigenvalue weighted by molar-refractivity contribution is -0.116. The quantitative estimate of drug-likeness (QED) is 0.125. The molecule has 0 saturated heterocycles. The highest BCUT2D eigenvalue weighted by atomic mass is 79.9. The lowest BCUT2D eigenvalue weighted by Crippen LogP contribution is -2.27. The Kier molecular flexibility index (Phi) is 18.8. The Bertz CT molecular complexity index is 1030. The van der Waals surface area contributed by atoms with Crippen LogP contribution >= 0.6 is 28.7 Å². The number of rotatable bonds is 21. The summed E-state index contributed by atoms with van der Waals surface area (Å²) in [5.74, 6) is 1.96. The number of benzene rings is 2. The van der Waals surface area contributed by atoms with Gasteiger partial charge in [0, 0.05) is 25.4 Å². The van der Waals surface area contributed by atoms with Crippen molar-refractivity contribution in [3.8, 4) is 5.75 Å². The van der Waals surface area contributed by atoms with Crippen molar-refractivity contribution in [1.82, 2.24) is 4.90 Å². The Labute approximate surface area is 271 Å². The number of halogens is 1. The van der Waals surface area contributed by atoms with Crippen LogP contribution in [0.15, 0.2) is 59.6 Å². The van der Waals surface area contributed by atoms with Crippen LogP contribution in [-0.2, 0) is 17.9 Å². The summed E-state index contributed by atoms with van der Waals surface area (Å²) in [5, 5.41) is 0. The molecule has 0 aliphatic carbocycles. The molecule has 2 aromatic carbocycles. The van der Waals surface area contributed by atoms with E-state index in [1.54, 1.807) is 6.92 Å². The number of ether oxygens (including phenoxy) is 1. The molecule has 0 fully saturated rings. The second-order valence-electron chi connectivity index (χ2n) is 11.6. The third-order valence-corrected chi connectivity index (χ3v) is 8.89. The minimum absolute atomic E-state index is 0. The highest BCUT2D eigenvalue weighted by molar-refractivity contribution is 8.93. The fourth-order valence-corrected chi connectivity index (χ4v) is 6.13. The Morgan fingerprint density at radius 1 is 0.786 bits per heavy atom. The number of thioether (sulfide) groups is 1. The molecule has 0 N–H and O–H groups in total. The number of carbonyl (C=O) groups is 1. The monoisotopic (exact) mass is 658 g/mol. The zero-order chi connectivity index (χ0) is 29.1. The van der Waals surface area contributed by atoms with Crippen LogP contribution in [0.3, 0.4) is 0 Å². The lowest BCUT2D eigenvalue weighted by Gasteiger charge is -2.22. The molecule has 0 bridgehead atoms. The van der Waals surface area contributed by atoms with E-state index >= 15 is 0 Å². The van der Waals surface area contributed by atoms with Gasteiger partial charge in [0.1, 0.15) is 5.75 Å². The molecule has 1 heterocycles. The van der Waals surface area contributed by atoms with Crippen LogP contribution in [-0.4, -0.2) is 23.3 Å². The van der Waals surface area contributed by atoms with Crippen LogP contribution in [0.4, 0.5) is 5.69 Å². The first kappa shape index (κ1) is 36.3. The summed E-state index contributed by atoms with van der Waals surface area (Å²) in [6.45, 7) is 8.29. The fraction of sp³-hybridized carbons (Fsp3) is 0.583. The molecule has 0 atom stereocenters. The highest BCUT2D eigenvalue weighted by Crippen LogP contribution is 2.27. The van der Waals surface area contributed by atoms with Gasteiger partial charge in [-0.05, 0) is 53.6 Å². The van der Waals surface area contributed by atoms with Gasteiger partial charge in [-0.3, -0.25) is 4.79 Å². The fourth-order valence-electron chi connectivity index (χ4n) is 5.37. The third kappa shape index (κ3) is 14.5. The largest absolute Gasteiger partial charge is 0.494 e. The van der Waals surface area contributed by atoms with Gasteiger partial charge >= 0.3 is 0 Å². The predicted octanol–water partition coefficient (Wildman–Crippen LogP) is 11.0. The second kappa shape index (κ2) is 21.7. The summed E-state index contributed by atoms with van der Waals surface area (Å²) >= 11 is 1.88. The minimum Gasteiger partial charge on any atom is -0.494 e. The molecule has 42 heavy (non-hydrogen) atoms. The van der Waals surface area contributed by atoms with Crippen molar-refractivity contribution in [1.29, 1.82) is 0 Å². The van der Waals surface area contributed by atoms with Gasteiger partial charge < -0.3 is 14.5 Å². The molecule has 0 saturated carbocycles. The number of unbranched alkanes of at least 4 members (excludes halogenated alkanes) is 13. The summed E-state index contributed by atoms with van der Waals surface area (Å²) in [5.41, 5.74) is 3.29. The second-order valence-corrected chi connectivity index (χ2v) is 12.8. The van der Waals surface area contributed by atoms with E-state index in [0.29, 0.717) is 6.54 Å². The van der Waals surface area contributed by atoms with Gasteiger partial charge in [0.05, 0.1) is 19.0 Å². The zero-order valence-electron chi connectivity index (χ0n) is 26.5. The van der Waals surface area contributed by atoms with E-state index in [4.69, 9.17) is 4.74 Å². The molecule has 0 spiro atoms. The SMILES string of the molecule is Br.CCCCCCCCCCCCCCCCOc1ccc(CN(C(C)=O)c2ccc(CN3C=C(C)SC3)cc2)cc1. The molecule has 4 nitrogen and oxygen atoms in total. The minimum atomic E-state index is 0. The van der Waals surface area contributed by atoms with Crippen molar-refractivity contribution in [2.24, 2.45) is 0 Å². The van der Waals surface area contributed by atoms with Crippen molar-refractivity contribution in [2.45, 2.75) is 124 Å². The molecule has 0 radical (unpaired) electrons. The molecule has 0 unspecified atom stereocenters. The standard InChI is InChI=1S/C36H54N2O2S.BrH/c1-4-5-6-7-8-9-10-11-12-13-14-15-16-17-26-40-36-24-20-34(21-25-36)29-38(32(3)39)35-22-18-33(19-23-35)28-37-27-31(2)41-30-37;/h18-25,27H,4-17,26,28-30H2,1-3H3;1H. The van der Waals surface area contributed by atoms with Crippen LogP contribution in [0.1, 0.15) is 122 Å². The average Bonchev–Trinajstić information content (AvgIpc) is 3.39. The molecule has 1 aliphatic heterocycles. The van der Waals surface area contributed by atoms with E-state index < -0.39 is 0 Å². The molecular formula is C36H55BrN2O2S. The van der Waals surface area contributed by atoms with Crippen LogP contribution in [0.25, 0.3) is 0 Å². The maximum atomic E-state index is 12.5. The topological polar surface area (TPSA) is 32.8 Å². The highest BCUT2D eigenvalue weighted by Gasteiger charge is 2.14. The Hall–Kier alpha value is -1.92. The predicted molar refractivity (Wildman–Crippen MR) is 188 cm³/mol. The van der Waals surface area contributed by atoms with E-state index in [0.717, 1.165) is 42.4 Å². The van der Waals surface area contributed by atoms with Gasteiger partial charge in [0.25, 0.3) is 0 Å². The van der Waals surface area contributed by atoms with Gasteiger partial charge in [-0.1, -0.05) is 115 Å². The molecule has 2 aromatic rings. The maximum Gasteiger partial charge on any atom is 0.224 e. The summed E-state index contributed by atoms with van der Waals surface area (Å²) < 4.78 is 5.99. The van der Waals surface area contributed by atoms with Crippen LogP contribution in [0.2, 0.25) is 0 Å². The third-order valence-electron chi connectivity index (χ3n) is 7.87. The summed E-state index contributed by atoms with van der Waals surface area (Å²) in [7, 11) is 0. The number of allylic oxidation sites excluding steroid dienone is 1. The Balaban J connectivity index is 0.00000616. The number of anilines is 1. The van der Waals surface area contributed by atoms with E-state index in [2.05, 4.69) is 61.3 Å². The number of hydrogen-bond donors (Lipinski definition) is 0. The molecule has 1 amide bonds. The summed E-state index contributed by atoms with van der Waals surface area (Å²) in [4.78, 5) is 18.0. The van der Waals surface area contributed by atoms with Crippen molar-refractivity contribution in [3.05, 3.63) is 70.8 Å². The zero-order valence-corrected chi connectivity index (χ0v) is 29.0. The van der Waals surface area contributed by atoms with E-state index in [1.165, 1.54) is 93.9 Å². The smallest absolute Gasteiger partial charge is 0.224 e. The number of nitrogens with zero attached hydrogens (tertiary/aromatic N) is 2. The van der Waals surface area contributed by atoms with Crippen molar-refractivity contribution >= 4 is 40.3 Å². The van der Waals surface area contributed by atoms with Crippen molar-refractivity contribution < 1.29 is 9.53 Å². The first-order valence-electron chi connectivity index (χ1n) is 16.2. The van der Waals surface area contributed by atoms with E-state index in [9.17, 15) is 4.79 Å². The van der Waals surface area contributed by atoms with Crippen LogP contribution in [0.5, 0.6) is 5.75 Å². The van der Waals surface area contributed by atoms with Gasteiger partial charge in [-0.15, -0.1) is 28.7 Å². The molecule has 6 heteroatoms. The molecule has 0 aromatic heterocycles. The van der Waals surface area contributed by atoms with Gasteiger partial charge in [0.2, 0.25) is 5.91 Å². The number of carbonyl (C=O) groups excluding carboxylic acids is 1. The molecular weight excluding hydrogens is 604 g/mol. The van der Waals surface area contributed by atoms with Gasteiger partial charge in [-0.25, -0.2) is 0 Å². The Morgan fingerprint density at radius 3 is 1.81 bits per heavy atom. The van der Waals surface area contributed by atoms with E-state index in [1.807, 2.05) is 28.8 Å². The molecule has 3 rings (SSSR count). The molecule has 1 aliphatic rings. The number of hydrogen-bond acceptors (Lipinski definition) is 4. The first-order valence-corrected chi connectivity index (χ1v) is 17.2. The van der Waals surface area contributed by atoms with Crippen LogP contribution < -0.4 is 9.64 Å². The van der Waals surface area contributed by atoms with Crippen LogP contribution in [0, 0.1) is 0 Å². The van der Waals surface area contributed by atoms with Crippen molar-refractivity contribution in [2.75, 3.05) is 17.4 Å². The number of amides is 1. The van der Waals surface area contributed by atoms with Gasteiger partial charge in [0.15, 0.2) is 0 Å². The lowest BCUT2D eigenvalue weighted by atomic mass is 10.0. The Morgan fingerprint density at radius 2 is 1.31 bits per heavy atom.